The summed E-state index contributed by atoms with van der Waals surface area (Å²) in [5, 5.41) is 4.22. The quantitative estimate of drug-likeness (QED) is 0.752. The summed E-state index contributed by atoms with van der Waals surface area (Å²) >= 11 is 5.59. The smallest absolute Gasteiger partial charge is 0.232 e. The fourth-order valence-electron chi connectivity index (χ4n) is 1.75. The highest BCUT2D eigenvalue weighted by Gasteiger charge is 2.17. The van der Waals surface area contributed by atoms with Gasteiger partial charge in [-0.2, -0.15) is 5.10 Å². The van der Waals surface area contributed by atoms with Crippen LogP contribution in [0.3, 0.4) is 0 Å². The first-order valence-electron chi connectivity index (χ1n) is 5.70. The molecule has 2 nitrogen and oxygen atoms in total. The number of halogens is 3. The van der Waals surface area contributed by atoms with E-state index in [2.05, 4.69) is 5.10 Å². The van der Waals surface area contributed by atoms with Gasteiger partial charge in [-0.1, -0.05) is 18.2 Å². The third kappa shape index (κ3) is 2.88. The zero-order chi connectivity index (χ0) is 13.0. The monoisotopic (exact) mass is 270 g/mol. The Labute approximate surface area is 109 Å². The summed E-state index contributed by atoms with van der Waals surface area (Å²) in [4.78, 5) is 0. The van der Waals surface area contributed by atoms with Crippen LogP contribution < -0.4 is 0 Å². The number of para-hydroxylation sites is 1. The summed E-state index contributed by atoms with van der Waals surface area (Å²) < 4.78 is 27.2. The second-order valence-electron chi connectivity index (χ2n) is 3.90. The molecule has 18 heavy (non-hydrogen) atoms. The Balaban J connectivity index is 2.36. The van der Waals surface area contributed by atoms with Crippen LogP contribution in [0.1, 0.15) is 24.2 Å². The predicted octanol–water partition coefficient (Wildman–Crippen LogP) is 3.98. The van der Waals surface area contributed by atoms with Gasteiger partial charge in [0, 0.05) is 5.88 Å². The highest BCUT2D eigenvalue weighted by atomic mass is 35.5. The first kappa shape index (κ1) is 13.0. The molecule has 0 atom stereocenters. The summed E-state index contributed by atoms with van der Waals surface area (Å²) in [7, 11) is 0. The average Bonchev–Trinajstić information content (AvgIpc) is 2.82. The average molecular weight is 271 g/mol. The molecule has 0 aliphatic heterocycles. The molecule has 0 radical (unpaired) electrons. The molecule has 96 valence electrons. The third-order valence-electron chi connectivity index (χ3n) is 2.58. The molecule has 2 aromatic rings. The maximum Gasteiger partial charge on any atom is 0.280 e. The van der Waals surface area contributed by atoms with E-state index in [1.165, 1.54) is 10.7 Å². The lowest BCUT2D eigenvalue weighted by molar-refractivity contribution is 0.143. The van der Waals surface area contributed by atoms with Crippen LogP contribution in [-0.4, -0.2) is 15.7 Å². The molecule has 0 amide bonds. The maximum atomic E-state index is 13.0. The number of nitrogens with zero attached hydrogens (tertiary/aromatic N) is 2. The van der Waals surface area contributed by atoms with Crippen molar-refractivity contribution in [3.63, 3.8) is 0 Å². The topological polar surface area (TPSA) is 17.8 Å². The summed E-state index contributed by atoms with van der Waals surface area (Å²) in [5.41, 5.74) is 1.21. The van der Waals surface area contributed by atoms with Crippen LogP contribution in [0.4, 0.5) is 8.78 Å². The Morgan fingerprint density at radius 1 is 1.22 bits per heavy atom. The minimum absolute atomic E-state index is 0.0780. The zero-order valence-corrected chi connectivity index (χ0v) is 10.4. The van der Waals surface area contributed by atoms with Crippen LogP contribution in [0, 0.1) is 0 Å². The first-order valence-corrected chi connectivity index (χ1v) is 6.24. The molecule has 0 saturated heterocycles. The van der Waals surface area contributed by atoms with E-state index < -0.39 is 6.43 Å². The second kappa shape index (κ2) is 5.96. The summed E-state index contributed by atoms with van der Waals surface area (Å²) in [6.07, 6.45) is -1.19. The lowest BCUT2D eigenvalue weighted by Gasteiger charge is -2.05. The van der Waals surface area contributed by atoms with E-state index in [1.807, 2.05) is 6.07 Å². The Bertz CT molecular complexity index is 497. The summed E-state index contributed by atoms with van der Waals surface area (Å²) in [6, 6.07) is 10.4. The lowest BCUT2D eigenvalue weighted by Crippen LogP contribution is -2.02. The molecule has 0 spiro atoms. The van der Waals surface area contributed by atoms with Crippen molar-refractivity contribution in [3.05, 3.63) is 47.8 Å². The predicted molar refractivity (Wildman–Crippen MR) is 67.6 cm³/mol. The van der Waals surface area contributed by atoms with Crippen molar-refractivity contribution in [3.8, 4) is 5.69 Å². The van der Waals surface area contributed by atoms with Crippen molar-refractivity contribution >= 4 is 11.6 Å². The second-order valence-corrected chi connectivity index (χ2v) is 4.28. The minimum Gasteiger partial charge on any atom is -0.232 e. The number of hydrogen-bond donors (Lipinski definition) is 0. The van der Waals surface area contributed by atoms with Gasteiger partial charge in [-0.3, -0.25) is 0 Å². The molecular weight excluding hydrogens is 258 g/mol. The van der Waals surface area contributed by atoms with Crippen molar-refractivity contribution in [1.29, 1.82) is 0 Å². The molecule has 0 aliphatic carbocycles. The van der Waals surface area contributed by atoms with Gasteiger partial charge in [-0.15, -0.1) is 11.6 Å². The van der Waals surface area contributed by atoms with Gasteiger partial charge in [0.25, 0.3) is 6.43 Å². The molecule has 0 N–H and O–H groups in total. The molecule has 0 unspecified atom stereocenters. The van der Waals surface area contributed by atoms with E-state index in [4.69, 9.17) is 11.6 Å². The summed E-state index contributed by atoms with van der Waals surface area (Å²) in [5.74, 6) is 0.502. The normalized spacial score (nSPS) is 11.1. The molecule has 5 heteroatoms. The van der Waals surface area contributed by atoms with Crippen LogP contribution in [0.2, 0.25) is 0 Å². The molecule has 1 heterocycles. The number of alkyl halides is 3. The number of aryl methyl sites for hydroxylation is 1. The number of benzene rings is 1. The van der Waals surface area contributed by atoms with Crippen LogP contribution in [-0.2, 0) is 6.42 Å². The van der Waals surface area contributed by atoms with Crippen molar-refractivity contribution in [2.45, 2.75) is 19.3 Å². The zero-order valence-electron chi connectivity index (χ0n) is 9.69. The van der Waals surface area contributed by atoms with Gasteiger partial charge >= 0.3 is 0 Å². The number of rotatable bonds is 5. The van der Waals surface area contributed by atoms with E-state index >= 15 is 0 Å². The molecular formula is C13H13ClF2N2. The van der Waals surface area contributed by atoms with Crippen LogP contribution in [0.5, 0.6) is 0 Å². The highest BCUT2D eigenvalue weighted by molar-refractivity contribution is 6.17. The van der Waals surface area contributed by atoms with Crippen LogP contribution >= 0.6 is 11.6 Å². The van der Waals surface area contributed by atoms with Crippen LogP contribution in [0.15, 0.2) is 36.4 Å². The van der Waals surface area contributed by atoms with Gasteiger partial charge in [0.05, 0.1) is 11.4 Å². The fourth-order valence-corrected chi connectivity index (χ4v) is 1.88. The summed E-state index contributed by atoms with van der Waals surface area (Å²) in [6.45, 7) is 0. The lowest BCUT2D eigenvalue weighted by atomic mass is 10.2. The molecule has 0 saturated carbocycles. The van der Waals surface area contributed by atoms with E-state index in [9.17, 15) is 8.78 Å². The van der Waals surface area contributed by atoms with Gasteiger partial charge in [-0.05, 0) is 31.0 Å². The number of hydrogen-bond acceptors (Lipinski definition) is 1. The highest BCUT2D eigenvalue weighted by Crippen LogP contribution is 2.23. The molecule has 0 aliphatic rings. The van der Waals surface area contributed by atoms with Crippen molar-refractivity contribution in [2.24, 2.45) is 0 Å². The van der Waals surface area contributed by atoms with Crippen molar-refractivity contribution < 1.29 is 8.78 Å². The molecule has 1 aromatic heterocycles. The Hall–Kier alpha value is -1.42. The third-order valence-corrected chi connectivity index (χ3v) is 2.85. The van der Waals surface area contributed by atoms with Crippen molar-refractivity contribution in [2.75, 3.05) is 5.88 Å². The molecule has 0 fully saturated rings. The van der Waals surface area contributed by atoms with E-state index in [-0.39, 0.29) is 5.69 Å². The molecule has 2 rings (SSSR count). The van der Waals surface area contributed by atoms with E-state index in [0.717, 1.165) is 6.42 Å². The largest absolute Gasteiger partial charge is 0.280 e. The van der Waals surface area contributed by atoms with Crippen LogP contribution in [0.25, 0.3) is 5.69 Å². The van der Waals surface area contributed by atoms with Crippen molar-refractivity contribution in [1.82, 2.24) is 9.78 Å². The Morgan fingerprint density at radius 3 is 2.56 bits per heavy atom. The standard InChI is InChI=1S/C13H13ClF2N2/c14-8-4-5-10-9-12(13(15)16)18(17-10)11-6-2-1-3-7-11/h1-3,6-7,9,13H,4-5,8H2. The van der Waals surface area contributed by atoms with Gasteiger partial charge in [0.15, 0.2) is 0 Å². The minimum atomic E-state index is -2.54. The van der Waals surface area contributed by atoms with Gasteiger partial charge in [0.2, 0.25) is 0 Å². The maximum absolute atomic E-state index is 13.0. The SMILES string of the molecule is FC(F)c1cc(CCCCl)nn1-c1ccccc1. The molecule has 1 aromatic carbocycles. The fraction of sp³-hybridized carbons (Fsp3) is 0.308. The van der Waals surface area contributed by atoms with E-state index in [1.54, 1.807) is 24.3 Å². The van der Waals surface area contributed by atoms with E-state index in [0.29, 0.717) is 23.7 Å². The molecule has 0 bridgehead atoms. The Kier molecular flexibility index (Phi) is 4.31. The van der Waals surface area contributed by atoms with Gasteiger partial charge in [0.1, 0.15) is 5.69 Å². The van der Waals surface area contributed by atoms with Gasteiger partial charge in [-0.25, -0.2) is 13.5 Å². The van der Waals surface area contributed by atoms with Gasteiger partial charge < -0.3 is 0 Å². The Morgan fingerprint density at radius 2 is 1.94 bits per heavy atom. The first-order chi connectivity index (χ1) is 8.72. The number of aromatic nitrogens is 2.